The van der Waals surface area contributed by atoms with Crippen LogP contribution in [0.1, 0.15) is 37.7 Å². The summed E-state index contributed by atoms with van der Waals surface area (Å²) < 4.78 is 0. The molecule has 0 atom stereocenters. The Labute approximate surface area is 116 Å². The summed E-state index contributed by atoms with van der Waals surface area (Å²) in [5.41, 5.74) is 0.899. The van der Waals surface area contributed by atoms with Gasteiger partial charge >= 0.3 is 5.97 Å². The molecular formula is C15H16ClNO2. The number of aliphatic carboxylic acids is 1. The van der Waals surface area contributed by atoms with E-state index in [-0.39, 0.29) is 0 Å². The molecule has 1 aliphatic rings. The summed E-state index contributed by atoms with van der Waals surface area (Å²) in [6, 6.07) is 5.72. The highest BCUT2D eigenvalue weighted by molar-refractivity contribution is 6.32. The standard InChI is InChI=1S/C15H16ClNO2/c16-12-8-10-4-7-17-13(10)9-11(12)15(14(18)19)5-2-1-3-6-15/h4,7-9,17H,1-3,5-6H2,(H,18,19). The molecule has 3 nitrogen and oxygen atoms in total. The van der Waals surface area contributed by atoms with Gasteiger partial charge in [0, 0.05) is 22.1 Å². The van der Waals surface area contributed by atoms with E-state index in [0.29, 0.717) is 17.9 Å². The van der Waals surface area contributed by atoms with Crippen LogP contribution < -0.4 is 0 Å². The molecule has 1 fully saturated rings. The molecule has 0 aliphatic heterocycles. The molecule has 0 saturated heterocycles. The van der Waals surface area contributed by atoms with Crippen LogP contribution in [0.25, 0.3) is 10.9 Å². The van der Waals surface area contributed by atoms with E-state index in [1.807, 2.05) is 24.4 Å². The zero-order valence-corrected chi connectivity index (χ0v) is 11.3. The smallest absolute Gasteiger partial charge is 0.314 e. The Kier molecular flexibility index (Phi) is 3.02. The number of carbonyl (C=O) groups is 1. The largest absolute Gasteiger partial charge is 0.481 e. The van der Waals surface area contributed by atoms with Gasteiger partial charge in [0.25, 0.3) is 0 Å². The van der Waals surface area contributed by atoms with Crippen molar-refractivity contribution in [3.8, 4) is 0 Å². The Morgan fingerprint density at radius 2 is 2.00 bits per heavy atom. The van der Waals surface area contributed by atoms with Crippen LogP contribution in [0.15, 0.2) is 24.4 Å². The topological polar surface area (TPSA) is 53.1 Å². The van der Waals surface area contributed by atoms with Crippen LogP contribution in [-0.2, 0) is 10.2 Å². The van der Waals surface area contributed by atoms with Gasteiger partial charge in [-0.15, -0.1) is 0 Å². The van der Waals surface area contributed by atoms with E-state index in [4.69, 9.17) is 11.6 Å². The minimum absolute atomic E-state index is 0.566. The first-order valence-corrected chi connectivity index (χ1v) is 7.02. The summed E-state index contributed by atoms with van der Waals surface area (Å²) >= 11 is 6.35. The Morgan fingerprint density at radius 1 is 1.26 bits per heavy atom. The van der Waals surface area contributed by atoms with Gasteiger partial charge in [0.2, 0.25) is 0 Å². The molecule has 2 aromatic rings. The van der Waals surface area contributed by atoms with Crippen molar-refractivity contribution in [3.05, 3.63) is 35.0 Å². The maximum absolute atomic E-state index is 11.8. The molecule has 1 heterocycles. The second-order valence-corrected chi connectivity index (χ2v) is 5.75. The van der Waals surface area contributed by atoms with Gasteiger partial charge in [-0.3, -0.25) is 4.79 Å². The third-order valence-electron chi connectivity index (χ3n) is 4.27. The average molecular weight is 278 g/mol. The average Bonchev–Trinajstić information content (AvgIpc) is 2.85. The molecule has 2 N–H and O–H groups in total. The van der Waals surface area contributed by atoms with Crippen LogP contribution in [0.3, 0.4) is 0 Å². The molecule has 1 saturated carbocycles. The van der Waals surface area contributed by atoms with Crippen molar-refractivity contribution in [2.24, 2.45) is 0 Å². The molecule has 0 spiro atoms. The third-order valence-corrected chi connectivity index (χ3v) is 4.59. The van der Waals surface area contributed by atoms with Crippen molar-refractivity contribution in [1.82, 2.24) is 4.98 Å². The fourth-order valence-corrected chi connectivity index (χ4v) is 3.55. The highest BCUT2D eigenvalue weighted by atomic mass is 35.5. The molecule has 19 heavy (non-hydrogen) atoms. The molecule has 0 bridgehead atoms. The minimum atomic E-state index is -0.811. The van der Waals surface area contributed by atoms with E-state index in [1.165, 1.54) is 0 Å². The normalized spacial score (nSPS) is 18.6. The number of aromatic nitrogens is 1. The molecule has 1 aromatic carbocycles. The number of rotatable bonds is 2. The summed E-state index contributed by atoms with van der Waals surface area (Å²) in [5, 5.41) is 11.3. The van der Waals surface area contributed by atoms with Crippen molar-refractivity contribution < 1.29 is 9.90 Å². The van der Waals surface area contributed by atoms with Gasteiger partial charge in [-0.1, -0.05) is 30.9 Å². The Hall–Kier alpha value is -1.48. The van der Waals surface area contributed by atoms with Gasteiger partial charge in [-0.2, -0.15) is 0 Å². The van der Waals surface area contributed by atoms with E-state index >= 15 is 0 Å². The number of aromatic amines is 1. The number of carboxylic acid groups (broad SMARTS) is 1. The molecular weight excluding hydrogens is 262 g/mol. The lowest BCUT2D eigenvalue weighted by molar-refractivity contribution is -0.145. The van der Waals surface area contributed by atoms with Gasteiger partial charge < -0.3 is 10.1 Å². The van der Waals surface area contributed by atoms with Gasteiger partial charge in [0.05, 0.1) is 5.41 Å². The number of hydrogen-bond donors (Lipinski definition) is 2. The molecule has 0 radical (unpaired) electrons. The molecule has 1 aromatic heterocycles. The number of carboxylic acids is 1. The van der Waals surface area contributed by atoms with Crippen LogP contribution in [0.5, 0.6) is 0 Å². The lowest BCUT2D eigenvalue weighted by Gasteiger charge is -2.34. The third kappa shape index (κ3) is 1.93. The SMILES string of the molecule is O=C(O)C1(c2cc3[nH]ccc3cc2Cl)CCCCC1. The van der Waals surface area contributed by atoms with E-state index in [9.17, 15) is 9.90 Å². The number of halogens is 1. The maximum Gasteiger partial charge on any atom is 0.314 e. The van der Waals surface area contributed by atoms with Crippen LogP contribution in [0.4, 0.5) is 0 Å². The summed E-state index contributed by atoms with van der Waals surface area (Å²) in [4.78, 5) is 15.0. The predicted molar refractivity (Wildman–Crippen MR) is 75.7 cm³/mol. The van der Waals surface area contributed by atoms with E-state index < -0.39 is 11.4 Å². The number of benzene rings is 1. The maximum atomic E-state index is 11.8. The lowest BCUT2D eigenvalue weighted by Crippen LogP contribution is -2.38. The fraction of sp³-hybridized carbons (Fsp3) is 0.400. The van der Waals surface area contributed by atoms with Crippen molar-refractivity contribution >= 4 is 28.5 Å². The lowest BCUT2D eigenvalue weighted by atomic mass is 9.69. The first-order chi connectivity index (χ1) is 9.13. The predicted octanol–water partition coefficient (Wildman–Crippen LogP) is 4.11. The second-order valence-electron chi connectivity index (χ2n) is 5.34. The van der Waals surface area contributed by atoms with Crippen LogP contribution in [0, 0.1) is 0 Å². The zero-order valence-electron chi connectivity index (χ0n) is 10.6. The van der Waals surface area contributed by atoms with E-state index in [2.05, 4.69) is 4.98 Å². The molecule has 0 amide bonds. The quantitative estimate of drug-likeness (QED) is 0.868. The van der Waals surface area contributed by atoms with Crippen molar-refractivity contribution in [3.63, 3.8) is 0 Å². The first-order valence-electron chi connectivity index (χ1n) is 6.64. The summed E-state index contributed by atoms with van der Waals surface area (Å²) in [6.07, 6.45) is 6.20. The first kappa shape index (κ1) is 12.5. The molecule has 3 rings (SSSR count). The van der Waals surface area contributed by atoms with Gasteiger partial charge in [0.1, 0.15) is 0 Å². The Bertz CT molecular complexity index is 626. The number of nitrogens with one attached hydrogen (secondary N) is 1. The summed E-state index contributed by atoms with van der Waals surface area (Å²) in [6.45, 7) is 0. The minimum Gasteiger partial charge on any atom is -0.481 e. The molecule has 4 heteroatoms. The Morgan fingerprint density at radius 3 is 2.68 bits per heavy atom. The van der Waals surface area contributed by atoms with Crippen molar-refractivity contribution in [1.29, 1.82) is 0 Å². The van der Waals surface area contributed by atoms with Crippen LogP contribution in [-0.4, -0.2) is 16.1 Å². The van der Waals surface area contributed by atoms with Gasteiger partial charge in [0.15, 0.2) is 0 Å². The monoisotopic (exact) mass is 277 g/mol. The van der Waals surface area contributed by atoms with Gasteiger partial charge in [-0.25, -0.2) is 0 Å². The Balaban J connectivity index is 2.19. The van der Waals surface area contributed by atoms with Crippen molar-refractivity contribution in [2.75, 3.05) is 0 Å². The van der Waals surface area contributed by atoms with Gasteiger partial charge in [-0.05, 0) is 36.6 Å². The number of H-pyrrole nitrogens is 1. The molecule has 0 unspecified atom stereocenters. The fourth-order valence-electron chi connectivity index (χ4n) is 3.19. The van der Waals surface area contributed by atoms with Crippen LogP contribution in [0.2, 0.25) is 5.02 Å². The summed E-state index contributed by atoms with van der Waals surface area (Å²) in [5.74, 6) is -0.750. The van der Waals surface area contributed by atoms with E-state index in [1.54, 1.807) is 0 Å². The van der Waals surface area contributed by atoms with E-state index in [0.717, 1.165) is 35.7 Å². The van der Waals surface area contributed by atoms with Crippen molar-refractivity contribution in [2.45, 2.75) is 37.5 Å². The number of hydrogen-bond acceptors (Lipinski definition) is 1. The van der Waals surface area contributed by atoms with Crippen LogP contribution >= 0.6 is 11.6 Å². The highest BCUT2D eigenvalue weighted by Crippen LogP contribution is 2.43. The second kappa shape index (κ2) is 4.57. The summed E-state index contributed by atoms with van der Waals surface area (Å²) in [7, 11) is 0. The highest BCUT2D eigenvalue weighted by Gasteiger charge is 2.42. The zero-order chi connectivity index (χ0) is 13.5. The number of fused-ring (bicyclic) bond motifs is 1. The molecule has 100 valence electrons. The molecule has 1 aliphatic carbocycles.